The third-order valence-corrected chi connectivity index (χ3v) is 19.2. The number of rotatable bonds is 7. The van der Waals surface area contributed by atoms with Gasteiger partial charge in [0.15, 0.2) is 5.78 Å². The van der Waals surface area contributed by atoms with E-state index in [0.29, 0.717) is 19.1 Å². The number of hydrogen-bond donors (Lipinski definition) is 1. The number of hydrogen-bond acceptors (Lipinski definition) is 16. The molecular formula is C69H111B3Br2N6O13. The van der Waals surface area contributed by atoms with E-state index >= 15 is 0 Å². The van der Waals surface area contributed by atoms with Gasteiger partial charge < -0.3 is 62.2 Å². The molecule has 1 N–H and O–H groups in total. The SMILES string of the molecule is CC(=O)c1ccc(Br)cc1.CC(C)(C)OC(=O)N1CCNCC1.CC(c1ccc(B2OC(C)(C)C(C)(C)O2)cc1)N1CCN(C(=O)OC(C)(C)C)CC1.CC(c1ccc(Br)cc1)N1CCN(C(=O)OC(C)(C)C)CC1.CC1(C)OB(B2OC(C)(C)C(C)(C)O2)OC1(C)C. The molecule has 0 bridgehead atoms. The van der Waals surface area contributed by atoms with Crippen LogP contribution in [0.4, 0.5) is 14.4 Å². The van der Waals surface area contributed by atoms with Crippen molar-refractivity contribution in [3.8, 4) is 0 Å². The highest BCUT2D eigenvalue weighted by Gasteiger charge is 2.64. The summed E-state index contributed by atoms with van der Waals surface area (Å²) in [6.07, 6.45) is -0.626. The predicted octanol–water partition coefficient (Wildman–Crippen LogP) is 13.4. The minimum absolute atomic E-state index is 0.104. The van der Waals surface area contributed by atoms with E-state index < -0.39 is 25.2 Å². The van der Waals surface area contributed by atoms with Gasteiger partial charge in [0.05, 0.1) is 33.6 Å². The van der Waals surface area contributed by atoms with Gasteiger partial charge in [0.2, 0.25) is 0 Å². The first-order valence-electron chi connectivity index (χ1n) is 32.9. The molecule has 93 heavy (non-hydrogen) atoms. The Morgan fingerprint density at radius 3 is 0.989 bits per heavy atom. The Hall–Kier alpha value is -4.07. The second-order valence-corrected chi connectivity index (χ2v) is 32.5. The summed E-state index contributed by atoms with van der Waals surface area (Å²) in [5.74, 6) is 0.104. The van der Waals surface area contributed by atoms with E-state index in [0.717, 1.165) is 85.4 Å². The first-order valence-corrected chi connectivity index (χ1v) is 34.5. The standard InChI is InChI=1S/C23H37BN2O4.C17H25BrN2O2.C12H24B2O4.C9H18N2O2.C8H7BrO/c1-17(25-13-15-26(16-14-25)20(27)28-21(2,3)4)18-9-11-19(12-10-18)24-29-22(5,6)23(7,8)30-24;1-13(14-5-7-15(18)8-6-14)19-9-11-20(12-10-19)16(21)22-17(2,3)4;1-9(2)10(3,4)16-13(15-9)14-17-11(5,6)12(7,8)18-14;1-9(2,3)13-8(12)11-6-4-10-5-7-11;1-6(10)7-2-4-8(9)5-3-7/h9-12,17H,13-16H2,1-8H3;5-8,13H,9-12H2,1-4H3;1-8H3;10H,4-7H2,1-3H3;2-5H,1H3. The zero-order valence-corrected chi connectivity index (χ0v) is 63.8. The summed E-state index contributed by atoms with van der Waals surface area (Å²) in [5, 5.41) is 3.18. The second-order valence-electron chi connectivity index (χ2n) is 30.7. The number of nitrogens with one attached hydrogen (secondary N) is 1. The van der Waals surface area contributed by atoms with E-state index in [9.17, 15) is 19.2 Å². The maximum Gasteiger partial charge on any atom is 0.494 e. The topological polar surface area (TPSA) is 180 Å². The van der Waals surface area contributed by atoms with Gasteiger partial charge >= 0.3 is 39.4 Å². The molecule has 0 radical (unpaired) electrons. The summed E-state index contributed by atoms with van der Waals surface area (Å²) < 4.78 is 54.4. The molecule has 6 heterocycles. The minimum Gasteiger partial charge on any atom is -0.444 e. The third-order valence-electron chi connectivity index (χ3n) is 18.1. The van der Waals surface area contributed by atoms with Crippen molar-refractivity contribution in [3.63, 3.8) is 0 Å². The van der Waals surface area contributed by atoms with Gasteiger partial charge in [0.1, 0.15) is 16.8 Å². The summed E-state index contributed by atoms with van der Waals surface area (Å²) >= 11 is 6.75. The van der Waals surface area contributed by atoms with Crippen molar-refractivity contribution in [2.24, 2.45) is 0 Å². The molecule has 24 heteroatoms. The largest absolute Gasteiger partial charge is 0.494 e. The molecule has 19 nitrogen and oxygen atoms in total. The Bertz CT molecular complexity index is 2820. The predicted molar refractivity (Wildman–Crippen MR) is 379 cm³/mol. The van der Waals surface area contributed by atoms with Gasteiger partial charge in [-0.05, 0) is 207 Å². The van der Waals surface area contributed by atoms with Gasteiger partial charge in [-0.2, -0.15) is 0 Å². The van der Waals surface area contributed by atoms with Crippen molar-refractivity contribution in [2.45, 2.75) is 229 Å². The molecule has 0 saturated carbocycles. The molecule has 6 saturated heterocycles. The van der Waals surface area contributed by atoms with Gasteiger partial charge in [-0.15, -0.1) is 0 Å². The van der Waals surface area contributed by atoms with Gasteiger partial charge in [0.25, 0.3) is 0 Å². The molecule has 3 amide bonds. The number of Topliss-reactive ketones (excluding diaryl/α,β-unsaturated/α-hetero) is 1. The Balaban J connectivity index is 0.000000221. The Morgan fingerprint density at radius 2 is 0.699 bits per heavy atom. The van der Waals surface area contributed by atoms with Crippen molar-refractivity contribution in [1.29, 1.82) is 0 Å². The van der Waals surface area contributed by atoms with Gasteiger partial charge in [-0.3, -0.25) is 14.6 Å². The van der Waals surface area contributed by atoms with Crippen LogP contribution < -0.4 is 10.8 Å². The zero-order valence-electron chi connectivity index (χ0n) is 60.6. The molecule has 6 aliphatic heterocycles. The van der Waals surface area contributed by atoms with Crippen LogP contribution in [0, 0.1) is 0 Å². The van der Waals surface area contributed by atoms with E-state index in [4.69, 9.17) is 42.1 Å². The van der Waals surface area contributed by atoms with Crippen LogP contribution >= 0.6 is 31.9 Å². The van der Waals surface area contributed by atoms with Crippen molar-refractivity contribution in [3.05, 3.63) is 98.4 Å². The number of ketones is 1. The molecule has 3 aromatic rings. The van der Waals surface area contributed by atoms with Gasteiger partial charge in [-0.25, -0.2) is 14.4 Å². The third kappa shape index (κ3) is 23.6. The first kappa shape index (κ1) is 79.6. The lowest BCUT2D eigenvalue weighted by atomic mass is 9.49. The first-order chi connectivity index (χ1) is 42.6. The molecular weight excluding hydrogens is 1310 g/mol. The van der Waals surface area contributed by atoms with Crippen LogP contribution in [0.2, 0.25) is 0 Å². The summed E-state index contributed by atoms with van der Waals surface area (Å²) in [4.78, 5) is 56.7. The average Bonchev–Trinajstić information content (AvgIpc) is 1.61. The average molecular weight is 1420 g/mol. The summed E-state index contributed by atoms with van der Waals surface area (Å²) in [6.45, 7) is 56.9. The lowest BCUT2D eigenvalue weighted by Gasteiger charge is -2.38. The fraction of sp³-hybridized carbons (Fsp3) is 0.681. The van der Waals surface area contributed by atoms with Crippen molar-refractivity contribution in [2.75, 3.05) is 78.5 Å². The Morgan fingerprint density at radius 1 is 0.430 bits per heavy atom. The van der Waals surface area contributed by atoms with E-state index in [1.165, 1.54) is 11.1 Å². The summed E-state index contributed by atoms with van der Waals surface area (Å²) in [6, 6.07) is 24.9. The molecule has 0 aromatic heterocycles. The molecule has 518 valence electrons. The highest BCUT2D eigenvalue weighted by atomic mass is 79.9. The van der Waals surface area contributed by atoms with Crippen LogP contribution in [0.15, 0.2) is 81.7 Å². The number of carbonyl (C=O) groups is 4. The van der Waals surface area contributed by atoms with Crippen molar-refractivity contribution in [1.82, 2.24) is 29.8 Å². The number of piperazine rings is 3. The smallest absolute Gasteiger partial charge is 0.444 e. The highest BCUT2D eigenvalue weighted by molar-refractivity contribution is 9.10. The fourth-order valence-corrected chi connectivity index (χ4v) is 10.7. The van der Waals surface area contributed by atoms with E-state index in [1.54, 1.807) is 33.8 Å². The lowest BCUT2D eigenvalue weighted by molar-refractivity contribution is 0.00578. The van der Waals surface area contributed by atoms with Crippen LogP contribution in [0.3, 0.4) is 0 Å². The van der Waals surface area contributed by atoms with Crippen LogP contribution in [0.1, 0.15) is 200 Å². The highest BCUT2D eigenvalue weighted by Crippen LogP contribution is 2.43. The maximum absolute atomic E-state index is 12.3. The number of benzene rings is 3. The van der Waals surface area contributed by atoms with Crippen LogP contribution in [0.25, 0.3) is 0 Å². The molecule has 2 unspecified atom stereocenters. The Kier molecular flexibility index (Phi) is 27.5. The number of nitrogens with zero attached hydrogens (tertiary/aromatic N) is 5. The van der Waals surface area contributed by atoms with Crippen LogP contribution in [-0.4, -0.2) is 199 Å². The van der Waals surface area contributed by atoms with E-state index in [2.05, 4.69) is 137 Å². The molecule has 0 aliphatic carbocycles. The van der Waals surface area contributed by atoms with Crippen LogP contribution in [0.5, 0.6) is 0 Å². The second kappa shape index (κ2) is 32.1. The quantitative estimate of drug-likeness (QED) is 0.134. The number of halogens is 2. The minimum atomic E-state index is -0.476. The summed E-state index contributed by atoms with van der Waals surface area (Å²) in [7, 11) is -1.29. The lowest BCUT2D eigenvalue weighted by Crippen LogP contribution is -2.50. The maximum atomic E-state index is 12.3. The molecule has 6 aliphatic rings. The monoisotopic (exact) mass is 1420 g/mol. The van der Waals surface area contributed by atoms with Gasteiger partial charge in [0, 0.05) is 105 Å². The van der Waals surface area contributed by atoms with Crippen molar-refractivity contribution < 1.29 is 61.3 Å². The fourth-order valence-electron chi connectivity index (χ4n) is 10.2. The molecule has 2 atom stereocenters. The Labute approximate surface area is 576 Å². The van der Waals surface area contributed by atoms with Gasteiger partial charge in [-0.1, -0.05) is 80.4 Å². The van der Waals surface area contributed by atoms with Crippen molar-refractivity contribution >= 4 is 82.5 Å². The molecule has 9 rings (SSSR count). The molecule has 3 aromatic carbocycles. The summed E-state index contributed by atoms with van der Waals surface area (Å²) in [5.41, 5.74) is 0.957. The molecule has 6 fully saturated rings. The number of amides is 3. The number of carbonyl (C=O) groups excluding carboxylic acids is 4. The van der Waals surface area contributed by atoms with E-state index in [1.807, 2.05) is 130 Å². The van der Waals surface area contributed by atoms with E-state index in [-0.39, 0.29) is 76.4 Å². The molecule has 0 spiro atoms. The number of ether oxygens (including phenoxy) is 3. The zero-order chi connectivity index (χ0) is 70.1. The van der Waals surface area contributed by atoms with Crippen LogP contribution in [-0.2, 0) is 42.1 Å². The normalized spacial score (nSPS) is 21.4.